The highest BCUT2D eigenvalue weighted by Gasteiger charge is 2.16. The van der Waals surface area contributed by atoms with Crippen molar-refractivity contribution in [3.63, 3.8) is 0 Å². The van der Waals surface area contributed by atoms with E-state index in [4.69, 9.17) is 5.11 Å². The van der Waals surface area contributed by atoms with Crippen molar-refractivity contribution in [1.29, 1.82) is 0 Å². The smallest absolute Gasteiger partial charge is 0.305 e. The number of carbonyl (C=O) groups is 2. The van der Waals surface area contributed by atoms with Crippen molar-refractivity contribution in [3.8, 4) is 0 Å². The van der Waals surface area contributed by atoms with Crippen LogP contribution >= 0.6 is 0 Å². The Labute approximate surface area is 151 Å². The predicted octanol–water partition coefficient (Wildman–Crippen LogP) is 3.79. The highest BCUT2D eigenvalue weighted by Crippen LogP contribution is 2.13. The lowest BCUT2D eigenvalue weighted by Gasteiger charge is -2.22. The molecule has 0 radical (unpaired) electrons. The number of aryl methyl sites for hydroxylation is 1. The molecule has 4 nitrogen and oxygen atoms in total. The third-order valence-electron chi connectivity index (χ3n) is 4.00. The molecule has 0 unspecified atom stereocenters. The Morgan fingerprint density at radius 3 is 2.31 bits per heavy atom. The molecule has 2 aromatic rings. The number of hydrogen-bond acceptors (Lipinski definition) is 2. The molecule has 1 N–H and O–H groups in total. The largest absolute Gasteiger partial charge is 0.481 e. The Kier molecular flexibility index (Phi) is 7.26. The first-order valence-electron chi connectivity index (χ1n) is 8.43. The number of nitrogens with zero attached hydrogens (tertiary/aromatic N) is 1. The van der Waals surface area contributed by atoms with E-state index in [1.54, 1.807) is 0 Å². The zero-order chi connectivity index (χ0) is 18.9. The van der Waals surface area contributed by atoms with E-state index in [0.29, 0.717) is 12.0 Å². The van der Waals surface area contributed by atoms with Crippen molar-refractivity contribution in [2.45, 2.75) is 32.2 Å². The van der Waals surface area contributed by atoms with Gasteiger partial charge >= 0.3 is 5.97 Å². The number of benzene rings is 2. The van der Waals surface area contributed by atoms with Crippen molar-refractivity contribution < 1.29 is 23.5 Å². The zero-order valence-electron chi connectivity index (χ0n) is 14.3. The third kappa shape index (κ3) is 6.27. The lowest BCUT2D eigenvalue weighted by Crippen LogP contribution is -2.32. The number of amides is 1. The highest BCUT2D eigenvalue weighted by molar-refractivity contribution is 5.77. The molecule has 0 spiro atoms. The van der Waals surface area contributed by atoms with Gasteiger partial charge < -0.3 is 10.0 Å². The average Bonchev–Trinajstić information content (AvgIpc) is 2.62. The average molecular weight is 361 g/mol. The monoisotopic (exact) mass is 361 g/mol. The van der Waals surface area contributed by atoms with E-state index in [1.807, 2.05) is 30.3 Å². The van der Waals surface area contributed by atoms with Crippen LogP contribution in [0.1, 0.15) is 30.4 Å². The Morgan fingerprint density at radius 2 is 1.65 bits per heavy atom. The summed E-state index contributed by atoms with van der Waals surface area (Å²) in [7, 11) is 0. The molecule has 0 saturated carbocycles. The molecule has 0 heterocycles. The highest BCUT2D eigenvalue weighted by atomic mass is 19.2. The number of carboxylic acid groups (broad SMARTS) is 1. The van der Waals surface area contributed by atoms with Gasteiger partial charge in [0, 0.05) is 19.5 Å². The van der Waals surface area contributed by atoms with E-state index in [1.165, 1.54) is 11.0 Å². The van der Waals surface area contributed by atoms with Gasteiger partial charge in [0.25, 0.3) is 0 Å². The van der Waals surface area contributed by atoms with Crippen molar-refractivity contribution in [3.05, 3.63) is 71.3 Å². The van der Waals surface area contributed by atoms with Crippen LogP contribution in [0.4, 0.5) is 8.78 Å². The molecule has 0 atom stereocenters. The van der Waals surface area contributed by atoms with E-state index < -0.39 is 17.6 Å². The first-order valence-corrected chi connectivity index (χ1v) is 8.43. The fraction of sp³-hybridized carbons (Fsp3) is 0.300. The fourth-order valence-electron chi connectivity index (χ4n) is 2.63. The van der Waals surface area contributed by atoms with Crippen LogP contribution in [0.25, 0.3) is 0 Å². The normalized spacial score (nSPS) is 10.5. The van der Waals surface area contributed by atoms with Crippen LogP contribution < -0.4 is 0 Å². The van der Waals surface area contributed by atoms with Gasteiger partial charge in [-0.15, -0.1) is 0 Å². The number of hydrogen-bond donors (Lipinski definition) is 1. The number of halogens is 2. The summed E-state index contributed by atoms with van der Waals surface area (Å²) in [5.41, 5.74) is 1.55. The second-order valence-electron chi connectivity index (χ2n) is 6.05. The minimum absolute atomic E-state index is 0.0263. The van der Waals surface area contributed by atoms with Crippen molar-refractivity contribution in [1.82, 2.24) is 4.90 Å². The molecular formula is C20H21F2NO3. The topological polar surface area (TPSA) is 57.6 Å². The van der Waals surface area contributed by atoms with Crippen molar-refractivity contribution >= 4 is 11.9 Å². The maximum absolute atomic E-state index is 13.4. The van der Waals surface area contributed by atoms with Crippen LogP contribution in [0.3, 0.4) is 0 Å². The first kappa shape index (κ1) is 19.6. The quantitative estimate of drug-likeness (QED) is 0.739. The van der Waals surface area contributed by atoms with Crippen LogP contribution in [0.5, 0.6) is 0 Å². The molecular weight excluding hydrogens is 340 g/mol. The van der Waals surface area contributed by atoms with Crippen LogP contribution in [0, 0.1) is 11.6 Å². The number of aliphatic carboxylic acids is 1. The summed E-state index contributed by atoms with van der Waals surface area (Å²) in [6.45, 7) is 0.0765. The molecule has 26 heavy (non-hydrogen) atoms. The lowest BCUT2D eigenvalue weighted by atomic mass is 10.1. The Balaban J connectivity index is 1.96. The third-order valence-corrected chi connectivity index (χ3v) is 4.00. The van der Waals surface area contributed by atoms with Gasteiger partial charge in [-0.05, 0) is 36.1 Å². The molecule has 1 amide bonds. The van der Waals surface area contributed by atoms with Crippen molar-refractivity contribution in [2.24, 2.45) is 0 Å². The SMILES string of the molecule is O=C(O)CCN(Cc1ccc(F)c(F)c1)C(=O)CCCc1ccccc1. The van der Waals surface area contributed by atoms with Gasteiger partial charge in [-0.2, -0.15) is 0 Å². The molecule has 0 aliphatic heterocycles. The molecule has 138 valence electrons. The maximum atomic E-state index is 13.4. The van der Waals surface area contributed by atoms with Gasteiger partial charge in [0.1, 0.15) is 0 Å². The molecule has 0 aromatic heterocycles. The molecule has 2 rings (SSSR count). The van der Waals surface area contributed by atoms with Gasteiger partial charge in [0.15, 0.2) is 11.6 Å². The zero-order valence-corrected chi connectivity index (χ0v) is 14.3. The van der Waals surface area contributed by atoms with Gasteiger partial charge in [0.05, 0.1) is 6.42 Å². The van der Waals surface area contributed by atoms with Crippen LogP contribution in [-0.4, -0.2) is 28.4 Å². The molecule has 6 heteroatoms. The summed E-state index contributed by atoms with van der Waals surface area (Å²) in [5, 5.41) is 8.87. The van der Waals surface area contributed by atoms with Gasteiger partial charge in [-0.1, -0.05) is 36.4 Å². The number of rotatable bonds is 9. The van der Waals surface area contributed by atoms with Gasteiger partial charge in [-0.3, -0.25) is 9.59 Å². The summed E-state index contributed by atoms with van der Waals surface area (Å²) < 4.78 is 26.4. The first-order chi connectivity index (χ1) is 12.5. The van der Waals surface area contributed by atoms with Gasteiger partial charge in [0.2, 0.25) is 5.91 Å². The van der Waals surface area contributed by atoms with E-state index >= 15 is 0 Å². The van der Waals surface area contributed by atoms with E-state index in [2.05, 4.69) is 0 Å². The molecule has 0 bridgehead atoms. The molecule has 0 aliphatic carbocycles. The molecule has 2 aromatic carbocycles. The van der Waals surface area contributed by atoms with Crippen LogP contribution in [0.15, 0.2) is 48.5 Å². The van der Waals surface area contributed by atoms with E-state index in [-0.39, 0.29) is 31.8 Å². The Hall–Kier alpha value is -2.76. The summed E-state index contributed by atoms with van der Waals surface area (Å²) in [5.74, 6) is -3.17. The standard InChI is InChI=1S/C20H21F2NO3/c21-17-10-9-16(13-18(17)22)14-23(12-11-20(25)26)19(24)8-4-7-15-5-2-1-3-6-15/h1-3,5-6,9-10,13H,4,7-8,11-12,14H2,(H,25,26). The maximum Gasteiger partial charge on any atom is 0.305 e. The summed E-state index contributed by atoms with van der Waals surface area (Å²) in [6.07, 6.45) is 1.43. The van der Waals surface area contributed by atoms with Crippen LogP contribution in [-0.2, 0) is 22.6 Å². The van der Waals surface area contributed by atoms with Gasteiger partial charge in [-0.25, -0.2) is 8.78 Å². The second-order valence-corrected chi connectivity index (χ2v) is 6.05. The Bertz CT molecular complexity index is 750. The number of carbonyl (C=O) groups excluding carboxylic acids is 1. The minimum Gasteiger partial charge on any atom is -0.481 e. The summed E-state index contributed by atoms with van der Waals surface area (Å²) >= 11 is 0. The minimum atomic E-state index is -1.02. The Morgan fingerprint density at radius 1 is 0.923 bits per heavy atom. The fourth-order valence-corrected chi connectivity index (χ4v) is 2.63. The molecule has 0 fully saturated rings. The molecule has 0 saturated heterocycles. The predicted molar refractivity (Wildman–Crippen MR) is 93.4 cm³/mol. The van der Waals surface area contributed by atoms with E-state index in [0.717, 1.165) is 24.1 Å². The summed E-state index contributed by atoms with van der Waals surface area (Å²) in [6, 6.07) is 13.2. The van der Waals surface area contributed by atoms with E-state index in [9.17, 15) is 18.4 Å². The lowest BCUT2D eigenvalue weighted by molar-refractivity contribution is -0.138. The number of carboxylic acids is 1. The summed E-state index contributed by atoms with van der Waals surface area (Å²) in [4.78, 5) is 24.7. The second kappa shape index (κ2) is 9.65. The molecule has 0 aliphatic rings. The van der Waals surface area contributed by atoms with Crippen molar-refractivity contribution in [2.75, 3.05) is 6.54 Å². The van der Waals surface area contributed by atoms with Crippen LogP contribution in [0.2, 0.25) is 0 Å².